The van der Waals surface area contributed by atoms with Crippen LogP contribution in [0.1, 0.15) is 45.1 Å². The highest BCUT2D eigenvalue weighted by molar-refractivity contribution is 7.87. The molecule has 5 heteroatoms. The first-order valence-electron chi connectivity index (χ1n) is 14.4. The van der Waals surface area contributed by atoms with Gasteiger partial charge in [0.25, 0.3) is 10.1 Å². The third-order valence-electron chi connectivity index (χ3n) is 6.79. The van der Waals surface area contributed by atoms with Gasteiger partial charge >= 0.3 is 0 Å². The van der Waals surface area contributed by atoms with Crippen LogP contribution in [0.15, 0.2) is 132 Å². The Labute approximate surface area is 247 Å². The molecule has 0 unspecified atom stereocenters. The Morgan fingerprint density at radius 1 is 0.585 bits per heavy atom. The number of benzene rings is 5. The number of hydrogen-bond donors (Lipinski definition) is 0. The molecule has 0 saturated carbocycles. The second-order valence-electron chi connectivity index (χ2n) is 9.85. The largest absolute Gasteiger partial charge is 0.297 e. The molecule has 3 nitrogen and oxygen atoms in total. The van der Waals surface area contributed by atoms with E-state index in [1.165, 1.54) is 15.9 Å². The summed E-state index contributed by atoms with van der Waals surface area (Å²) in [7, 11) is -4.17. The average Bonchev–Trinajstić information content (AvgIpc) is 3.02. The van der Waals surface area contributed by atoms with Crippen LogP contribution in [0.4, 0.5) is 0 Å². The molecule has 0 radical (unpaired) electrons. The lowest BCUT2D eigenvalue weighted by Crippen LogP contribution is -2.20. The number of aryl methyl sites for hydroxylation is 1. The van der Waals surface area contributed by atoms with Crippen molar-refractivity contribution < 1.29 is 12.6 Å². The Morgan fingerprint density at radius 3 is 1.59 bits per heavy atom. The van der Waals surface area contributed by atoms with Crippen LogP contribution in [0, 0.1) is 0 Å². The Bertz CT molecular complexity index is 1490. The average molecular weight is 583 g/mol. The van der Waals surface area contributed by atoms with Crippen LogP contribution in [-0.4, -0.2) is 15.0 Å². The lowest BCUT2D eigenvalue weighted by Gasteiger charge is -2.18. The van der Waals surface area contributed by atoms with Crippen molar-refractivity contribution in [3.05, 3.63) is 133 Å². The van der Waals surface area contributed by atoms with Crippen LogP contribution in [-0.2, 0) is 20.7 Å². The molecule has 0 N–H and O–H groups in total. The molecule has 0 amide bonds. The maximum Gasteiger partial charge on any atom is 0.297 e. The number of unbranched alkanes of at least 4 members (excludes halogenated alkanes) is 2. The summed E-state index contributed by atoms with van der Waals surface area (Å²) in [5.74, 6) is 0. The zero-order valence-electron chi connectivity index (χ0n) is 23.9. The molecule has 0 aromatic heterocycles. The van der Waals surface area contributed by atoms with Crippen LogP contribution in [0.5, 0.6) is 0 Å². The molecule has 41 heavy (non-hydrogen) atoms. The molecule has 0 atom stereocenters. The molecule has 0 fully saturated rings. The fourth-order valence-electron chi connectivity index (χ4n) is 4.70. The molecule has 0 spiro atoms. The quantitative estimate of drug-likeness (QED) is 0.0897. The van der Waals surface area contributed by atoms with Crippen molar-refractivity contribution in [2.45, 2.75) is 50.8 Å². The minimum absolute atomic E-state index is 0.245. The third kappa shape index (κ3) is 8.36. The van der Waals surface area contributed by atoms with Crippen LogP contribution >= 0.6 is 7.92 Å². The van der Waals surface area contributed by atoms with E-state index in [2.05, 4.69) is 97.9 Å². The van der Waals surface area contributed by atoms with Crippen molar-refractivity contribution in [1.29, 1.82) is 0 Å². The van der Waals surface area contributed by atoms with Gasteiger partial charge < -0.3 is 0 Å². The van der Waals surface area contributed by atoms with E-state index in [0.717, 1.165) is 48.4 Å². The molecule has 0 saturated heterocycles. The van der Waals surface area contributed by atoms with Gasteiger partial charge in [-0.05, 0) is 54.0 Å². The molecule has 0 aliphatic heterocycles. The fourth-order valence-corrected chi connectivity index (χ4v) is 8.40. The molecule has 0 aliphatic carbocycles. The van der Waals surface area contributed by atoms with Crippen LogP contribution < -0.4 is 15.9 Å². The molecule has 212 valence electrons. The minimum atomic E-state index is -3.72. The lowest BCUT2D eigenvalue weighted by molar-refractivity contribution is 0.311. The van der Waals surface area contributed by atoms with Crippen molar-refractivity contribution in [1.82, 2.24) is 0 Å². The normalized spacial score (nSPS) is 11.3. The Kier molecular flexibility index (Phi) is 11.7. The van der Waals surface area contributed by atoms with Gasteiger partial charge in [0.15, 0.2) is 0 Å². The Balaban J connectivity index is 0.000000191. The van der Waals surface area contributed by atoms with Crippen molar-refractivity contribution >= 4 is 44.7 Å². The maximum absolute atomic E-state index is 12.7. The van der Waals surface area contributed by atoms with E-state index in [1.54, 1.807) is 0 Å². The van der Waals surface area contributed by atoms with Gasteiger partial charge in [0.05, 0.1) is 6.61 Å². The van der Waals surface area contributed by atoms with Gasteiger partial charge in [-0.2, -0.15) is 8.42 Å². The summed E-state index contributed by atoms with van der Waals surface area (Å²) in [5.41, 5.74) is 0.858. The van der Waals surface area contributed by atoms with Crippen LogP contribution in [0.2, 0.25) is 0 Å². The SMILES string of the molecule is CCCCOS(=O)(=O)c1c(CCCC)ccc2ccccc12.c1ccc(P(c2ccccc2)c2ccccc2)cc1. The predicted molar refractivity (Wildman–Crippen MR) is 176 cm³/mol. The first-order valence-corrected chi connectivity index (χ1v) is 17.2. The standard InChI is InChI=1S/C18H24O3S.C18H15P/c1-3-5-9-16-13-12-15-10-7-8-11-17(15)18(16)22(19,20)21-14-6-4-2;1-4-10-16(11-5-1)19(17-12-6-2-7-13-17)18-14-8-3-9-15-18/h7-8,10-13H,3-6,9,14H2,1-2H3;1-15H. The summed E-state index contributed by atoms with van der Waals surface area (Å²) in [4.78, 5) is 0.357. The molecule has 0 bridgehead atoms. The number of rotatable bonds is 11. The fraction of sp³-hybridized carbons (Fsp3) is 0.222. The topological polar surface area (TPSA) is 43.4 Å². The molecule has 5 aromatic rings. The maximum atomic E-state index is 12.7. The zero-order valence-corrected chi connectivity index (χ0v) is 25.7. The highest BCUT2D eigenvalue weighted by atomic mass is 32.2. The van der Waals surface area contributed by atoms with Crippen molar-refractivity contribution in [3.8, 4) is 0 Å². The molecular weight excluding hydrogens is 543 g/mol. The van der Waals surface area contributed by atoms with Crippen molar-refractivity contribution in [2.24, 2.45) is 0 Å². The summed E-state index contributed by atoms with van der Waals surface area (Å²) in [6.45, 7) is 4.36. The number of hydrogen-bond acceptors (Lipinski definition) is 3. The van der Waals surface area contributed by atoms with E-state index in [4.69, 9.17) is 4.18 Å². The summed E-state index contributed by atoms with van der Waals surface area (Å²) >= 11 is 0. The van der Waals surface area contributed by atoms with Crippen molar-refractivity contribution in [2.75, 3.05) is 6.61 Å². The summed E-state index contributed by atoms with van der Waals surface area (Å²) in [6, 6.07) is 43.8. The van der Waals surface area contributed by atoms with Gasteiger partial charge in [-0.3, -0.25) is 4.18 Å². The van der Waals surface area contributed by atoms with Gasteiger partial charge in [-0.1, -0.05) is 154 Å². The monoisotopic (exact) mass is 582 g/mol. The van der Waals surface area contributed by atoms with Gasteiger partial charge in [0.1, 0.15) is 4.90 Å². The summed E-state index contributed by atoms with van der Waals surface area (Å²) in [6.07, 6.45) is 4.41. The minimum Gasteiger partial charge on any atom is -0.266 e. The summed E-state index contributed by atoms with van der Waals surface area (Å²) in [5, 5.41) is 5.88. The zero-order chi connectivity index (χ0) is 28.9. The second kappa shape index (κ2) is 15.6. The molecule has 0 aliphatic rings. The predicted octanol–water partition coefficient (Wildman–Crippen LogP) is 8.13. The van der Waals surface area contributed by atoms with E-state index in [1.807, 2.05) is 43.3 Å². The van der Waals surface area contributed by atoms with E-state index >= 15 is 0 Å². The van der Waals surface area contributed by atoms with Gasteiger partial charge in [0.2, 0.25) is 0 Å². The van der Waals surface area contributed by atoms with Crippen LogP contribution in [0.25, 0.3) is 10.8 Å². The Morgan fingerprint density at radius 2 is 1.07 bits per heavy atom. The Hall–Kier alpha value is -3.30. The molecule has 5 rings (SSSR count). The number of fused-ring (bicyclic) bond motifs is 1. The third-order valence-corrected chi connectivity index (χ3v) is 10.7. The van der Waals surface area contributed by atoms with Gasteiger partial charge in [0, 0.05) is 5.39 Å². The lowest BCUT2D eigenvalue weighted by atomic mass is 10.0. The van der Waals surface area contributed by atoms with E-state index in [-0.39, 0.29) is 6.61 Å². The first kappa shape index (κ1) is 30.7. The van der Waals surface area contributed by atoms with E-state index in [0.29, 0.717) is 4.90 Å². The molecule has 5 aromatic carbocycles. The van der Waals surface area contributed by atoms with Gasteiger partial charge in [-0.15, -0.1) is 0 Å². The van der Waals surface area contributed by atoms with E-state index < -0.39 is 18.0 Å². The first-order chi connectivity index (χ1) is 20.0. The second-order valence-corrected chi connectivity index (χ2v) is 13.6. The molecule has 0 heterocycles. The smallest absolute Gasteiger partial charge is 0.266 e. The highest BCUT2D eigenvalue weighted by Gasteiger charge is 2.22. The summed E-state index contributed by atoms with van der Waals surface area (Å²) < 4.78 is 30.6. The van der Waals surface area contributed by atoms with E-state index in [9.17, 15) is 8.42 Å². The van der Waals surface area contributed by atoms with Crippen LogP contribution in [0.3, 0.4) is 0 Å². The highest BCUT2D eigenvalue weighted by Crippen LogP contribution is 2.32. The molecular formula is C36H39O3PS. The van der Waals surface area contributed by atoms with Gasteiger partial charge in [-0.25, -0.2) is 0 Å². The van der Waals surface area contributed by atoms with Crippen molar-refractivity contribution in [3.63, 3.8) is 0 Å².